The van der Waals surface area contributed by atoms with Gasteiger partial charge in [-0.15, -0.1) is 11.3 Å². The zero-order chi connectivity index (χ0) is 28.8. The van der Waals surface area contributed by atoms with Crippen LogP contribution in [-0.4, -0.2) is 44.9 Å². The van der Waals surface area contributed by atoms with Crippen molar-refractivity contribution in [1.29, 1.82) is 0 Å². The van der Waals surface area contributed by atoms with Gasteiger partial charge in [0.15, 0.2) is 18.1 Å². The average molecular weight is 573 g/mol. The van der Waals surface area contributed by atoms with E-state index >= 15 is 0 Å². The Kier molecular flexibility index (Phi) is 8.50. The lowest BCUT2D eigenvalue weighted by Gasteiger charge is -2.24. The molecule has 0 radical (unpaired) electrons. The molecule has 4 aromatic rings. The van der Waals surface area contributed by atoms with Crippen LogP contribution in [-0.2, 0) is 25.5 Å². The van der Waals surface area contributed by atoms with Crippen LogP contribution in [0.1, 0.15) is 26.4 Å². The fourth-order valence-electron chi connectivity index (χ4n) is 4.48. The number of ether oxygens (including phenoxy) is 4. The molecule has 0 saturated heterocycles. The molecule has 0 spiro atoms. The van der Waals surface area contributed by atoms with Crippen LogP contribution in [0, 0.1) is 6.92 Å². The number of carbonyl (C=O) groups excluding carboxylic acids is 3. The molecule has 3 aromatic carbocycles. The summed E-state index contributed by atoms with van der Waals surface area (Å²) in [6.45, 7) is 1.44. The molecule has 1 aliphatic rings. The van der Waals surface area contributed by atoms with Crippen molar-refractivity contribution in [2.75, 3.05) is 37.3 Å². The first-order valence-corrected chi connectivity index (χ1v) is 13.7. The topological polar surface area (TPSA) is 103 Å². The number of anilines is 3. The zero-order valence-electron chi connectivity index (χ0n) is 22.5. The Morgan fingerprint density at radius 1 is 0.927 bits per heavy atom. The highest BCUT2D eigenvalue weighted by molar-refractivity contribution is 7.16. The summed E-state index contributed by atoms with van der Waals surface area (Å²) in [5, 5.41) is 3.06. The maximum atomic E-state index is 12.8. The molecule has 0 saturated carbocycles. The lowest BCUT2D eigenvalue weighted by Crippen LogP contribution is -2.29. The second-order valence-corrected chi connectivity index (χ2v) is 10.4. The van der Waals surface area contributed by atoms with E-state index < -0.39 is 24.5 Å². The zero-order valence-corrected chi connectivity index (χ0v) is 23.4. The summed E-state index contributed by atoms with van der Waals surface area (Å²) in [7, 11) is 1.29. The van der Waals surface area contributed by atoms with Crippen molar-refractivity contribution in [2.45, 2.75) is 13.3 Å². The van der Waals surface area contributed by atoms with Gasteiger partial charge in [-0.2, -0.15) is 0 Å². The van der Waals surface area contributed by atoms with E-state index in [2.05, 4.69) is 5.32 Å². The first-order valence-electron chi connectivity index (χ1n) is 12.8. The number of esters is 2. The van der Waals surface area contributed by atoms with E-state index in [-0.39, 0.29) is 18.9 Å². The van der Waals surface area contributed by atoms with Gasteiger partial charge in [-0.1, -0.05) is 42.5 Å². The van der Waals surface area contributed by atoms with Crippen LogP contribution in [0.3, 0.4) is 0 Å². The predicted molar refractivity (Wildman–Crippen MR) is 155 cm³/mol. The Morgan fingerprint density at radius 3 is 2.24 bits per heavy atom. The summed E-state index contributed by atoms with van der Waals surface area (Å²) in [6.07, 6.45) is 0.420. The number of methoxy groups -OCH3 is 1. The number of carbonyl (C=O) groups is 3. The summed E-state index contributed by atoms with van der Waals surface area (Å²) in [6, 6.07) is 24.5. The third-order valence-corrected chi connectivity index (χ3v) is 7.52. The van der Waals surface area contributed by atoms with Crippen LogP contribution < -0.4 is 19.7 Å². The number of nitrogens with one attached hydrogen (secondary N) is 1. The van der Waals surface area contributed by atoms with Crippen molar-refractivity contribution >= 4 is 45.6 Å². The minimum absolute atomic E-state index is 0.0908. The van der Waals surface area contributed by atoms with Crippen molar-refractivity contribution in [1.82, 2.24) is 0 Å². The van der Waals surface area contributed by atoms with Gasteiger partial charge in [0.2, 0.25) is 6.79 Å². The van der Waals surface area contributed by atoms with E-state index in [0.29, 0.717) is 22.9 Å². The van der Waals surface area contributed by atoms with E-state index in [4.69, 9.17) is 18.9 Å². The number of hydrogen-bond donors (Lipinski definition) is 1. The Balaban J connectivity index is 1.26. The Hall–Kier alpha value is -4.83. The first-order chi connectivity index (χ1) is 19.9. The number of rotatable bonds is 10. The largest absolute Gasteiger partial charge is 0.465 e. The van der Waals surface area contributed by atoms with Gasteiger partial charge in [-0.3, -0.25) is 9.59 Å². The van der Waals surface area contributed by atoms with Crippen LogP contribution in [0.25, 0.3) is 0 Å². The highest BCUT2D eigenvalue weighted by atomic mass is 32.1. The van der Waals surface area contributed by atoms with Crippen molar-refractivity contribution in [2.24, 2.45) is 0 Å². The van der Waals surface area contributed by atoms with Gasteiger partial charge >= 0.3 is 11.9 Å². The van der Waals surface area contributed by atoms with Crippen LogP contribution in [0.5, 0.6) is 11.5 Å². The minimum atomic E-state index is -0.577. The van der Waals surface area contributed by atoms with Crippen LogP contribution in [0.4, 0.5) is 16.4 Å². The number of aryl methyl sites for hydroxylation is 1. The summed E-state index contributed by atoms with van der Waals surface area (Å²) in [5.74, 6) is -0.401. The molecule has 1 aromatic heterocycles. The molecule has 9 nitrogen and oxygen atoms in total. The third kappa shape index (κ3) is 6.50. The smallest absolute Gasteiger partial charge is 0.341 e. The molecule has 1 amide bonds. The van der Waals surface area contributed by atoms with Gasteiger partial charge in [0.1, 0.15) is 11.5 Å². The van der Waals surface area contributed by atoms with E-state index in [1.54, 1.807) is 4.90 Å². The van der Waals surface area contributed by atoms with Crippen molar-refractivity contribution in [3.63, 3.8) is 0 Å². The maximum Gasteiger partial charge on any atom is 0.341 e. The fraction of sp³-hybridized carbons (Fsp3) is 0.194. The molecule has 10 heteroatoms. The summed E-state index contributed by atoms with van der Waals surface area (Å²) in [4.78, 5) is 41.1. The number of nitrogens with zero attached hydrogens (tertiary/aromatic N) is 1. The number of thiophene rings is 1. The van der Waals surface area contributed by atoms with Gasteiger partial charge in [0, 0.05) is 16.3 Å². The second-order valence-electron chi connectivity index (χ2n) is 9.16. The molecule has 210 valence electrons. The first kappa shape index (κ1) is 27.7. The van der Waals surface area contributed by atoms with Gasteiger partial charge in [0.05, 0.1) is 12.7 Å². The van der Waals surface area contributed by atoms with E-state index in [9.17, 15) is 14.4 Å². The van der Waals surface area contributed by atoms with Crippen molar-refractivity contribution in [3.8, 4) is 11.5 Å². The molecule has 0 unspecified atom stereocenters. The average Bonchev–Trinajstić information content (AvgIpc) is 3.58. The third-order valence-electron chi connectivity index (χ3n) is 6.46. The van der Waals surface area contributed by atoms with E-state index in [0.717, 1.165) is 27.4 Å². The van der Waals surface area contributed by atoms with Gasteiger partial charge in [0.25, 0.3) is 5.91 Å². The maximum absolute atomic E-state index is 12.8. The summed E-state index contributed by atoms with van der Waals surface area (Å²) < 4.78 is 21.2. The quantitative estimate of drug-likeness (QED) is 0.249. The van der Waals surface area contributed by atoms with Gasteiger partial charge in [-0.05, 0) is 60.9 Å². The number of hydrogen-bond acceptors (Lipinski definition) is 9. The molecule has 2 heterocycles. The van der Waals surface area contributed by atoms with E-state index in [1.807, 2.05) is 85.8 Å². The molecule has 0 bridgehead atoms. The Labute approximate surface area is 241 Å². The predicted octanol–water partition coefficient (Wildman–Crippen LogP) is 5.48. The Bertz CT molecular complexity index is 1510. The van der Waals surface area contributed by atoms with Crippen molar-refractivity contribution in [3.05, 3.63) is 100 Å². The second kappa shape index (κ2) is 12.6. The number of amides is 1. The van der Waals surface area contributed by atoms with Gasteiger partial charge < -0.3 is 29.2 Å². The molecule has 1 N–H and O–H groups in total. The number of benzene rings is 3. The standard InChI is InChI=1S/C31H28N2O7S/c1-20-24(15-21-13-14-25-26(16-21)40-19-39-25)29(31(36)37-2)30(41-20)32-27(34)18-38-28(35)17-33(22-9-5-3-6-10-22)23-11-7-4-8-12-23/h3-14,16H,15,17-19H2,1-2H3,(H,32,34). The Morgan fingerprint density at radius 2 is 1.59 bits per heavy atom. The monoisotopic (exact) mass is 572 g/mol. The highest BCUT2D eigenvalue weighted by Crippen LogP contribution is 2.37. The summed E-state index contributed by atoms with van der Waals surface area (Å²) in [5.41, 5.74) is 3.54. The van der Waals surface area contributed by atoms with Crippen LogP contribution in [0.15, 0.2) is 78.9 Å². The number of fused-ring (bicyclic) bond motifs is 1. The number of para-hydroxylation sites is 2. The highest BCUT2D eigenvalue weighted by Gasteiger charge is 2.25. The lowest BCUT2D eigenvalue weighted by molar-refractivity contribution is -0.145. The molecular weight excluding hydrogens is 544 g/mol. The molecule has 41 heavy (non-hydrogen) atoms. The van der Waals surface area contributed by atoms with Gasteiger partial charge in [-0.25, -0.2) is 4.79 Å². The van der Waals surface area contributed by atoms with E-state index in [1.165, 1.54) is 18.4 Å². The minimum Gasteiger partial charge on any atom is -0.465 e. The molecule has 5 rings (SSSR count). The summed E-state index contributed by atoms with van der Waals surface area (Å²) >= 11 is 1.26. The fourth-order valence-corrected chi connectivity index (χ4v) is 5.56. The molecule has 1 aliphatic heterocycles. The van der Waals surface area contributed by atoms with Crippen molar-refractivity contribution < 1.29 is 33.3 Å². The molecule has 0 atom stereocenters. The molecular formula is C31H28N2O7S. The van der Waals surface area contributed by atoms with Crippen LogP contribution >= 0.6 is 11.3 Å². The normalized spacial score (nSPS) is 11.6. The lowest BCUT2D eigenvalue weighted by atomic mass is 10.0. The van der Waals surface area contributed by atoms with Crippen LogP contribution in [0.2, 0.25) is 0 Å². The molecule has 0 fully saturated rings. The SMILES string of the molecule is COC(=O)c1c(NC(=O)COC(=O)CN(c2ccccc2)c2ccccc2)sc(C)c1Cc1ccc2c(c1)OCO2. The molecule has 0 aliphatic carbocycles.